The Morgan fingerprint density at radius 1 is 1.50 bits per heavy atom. The van der Waals surface area contributed by atoms with Crippen molar-refractivity contribution in [3.05, 3.63) is 30.1 Å². The fourth-order valence-electron chi connectivity index (χ4n) is 0.647. The minimum Gasteiger partial charge on any atom is -0.363 e. The maximum absolute atomic E-state index is 6.58. The molecule has 0 spiro atoms. The summed E-state index contributed by atoms with van der Waals surface area (Å²) in [4.78, 5) is 3.86. The summed E-state index contributed by atoms with van der Waals surface area (Å²) >= 11 is 0. The van der Waals surface area contributed by atoms with Crippen molar-refractivity contribution in [1.29, 1.82) is 5.41 Å². The van der Waals surface area contributed by atoms with Gasteiger partial charge < -0.3 is 5.32 Å². The van der Waals surface area contributed by atoms with Crippen LogP contribution < -0.4 is 5.32 Å². The molecule has 0 saturated carbocycles. The van der Waals surface area contributed by atoms with Gasteiger partial charge in [-0.15, -0.1) is 0 Å². The van der Waals surface area contributed by atoms with Gasteiger partial charge in [-0.3, -0.25) is 10.4 Å². The topological polar surface area (TPSA) is 48.8 Å². The van der Waals surface area contributed by atoms with Crippen LogP contribution in [0.5, 0.6) is 0 Å². The van der Waals surface area contributed by atoms with Gasteiger partial charge in [0, 0.05) is 18.9 Å². The molecular weight excluding hydrogens is 126 g/mol. The fourth-order valence-corrected chi connectivity index (χ4v) is 0.647. The third kappa shape index (κ3) is 1.85. The first kappa shape index (κ1) is 6.74. The lowest BCUT2D eigenvalue weighted by atomic mass is 10.3. The fraction of sp³-hybridized carbons (Fsp3) is 0.143. The standard InChI is InChI=1S/C7H8N3/c8-6-10-5-7-1-3-9-4-2-7/h1-4H,5H2,(H2,8,10). The van der Waals surface area contributed by atoms with E-state index in [4.69, 9.17) is 5.41 Å². The molecular formula is C7H8N3. The molecule has 1 aromatic rings. The van der Waals surface area contributed by atoms with Gasteiger partial charge in [-0.25, -0.2) is 0 Å². The van der Waals surface area contributed by atoms with Gasteiger partial charge in [0.15, 0.2) is 6.34 Å². The van der Waals surface area contributed by atoms with E-state index in [0.29, 0.717) is 6.54 Å². The molecule has 0 atom stereocenters. The van der Waals surface area contributed by atoms with E-state index in [2.05, 4.69) is 16.6 Å². The lowest BCUT2D eigenvalue weighted by molar-refractivity contribution is 0.924. The van der Waals surface area contributed by atoms with E-state index < -0.39 is 0 Å². The second kappa shape index (κ2) is 3.61. The molecule has 0 saturated heterocycles. The van der Waals surface area contributed by atoms with E-state index in [9.17, 15) is 0 Å². The predicted octanol–water partition coefficient (Wildman–Crippen LogP) is 0.655. The molecule has 2 N–H and O–H groups in total. The highest BCUT2D eigenvalue weighted by Gasteiger charge is 1.85. The first-order valence-electron chi connectivity index (χ1n) is 2.97. The highest BCUT2D eigenvalue weighted by molar-refractivity contribution is 5.49. The second-order valence-corrected chi connectivity index (χ2v) is 1.83. The summed E-state index contributed by atoms with van der Waals surface area (Å²) in [5.74, 6) is 0. The van der Waals surface area contributed by atoms with E-state index in [1.54, 1.807) is 12.4 Å². The molecule has 0 bridgehead atoms. The average molecular weight is 134 g/mol. The maximum atomic E-state index is 6.58. The Bertz CT molecular complexity index is 195. The average Bonchev–Trinajstić information content (AvgIpc) is 2.03. The van der Waals surface area contributed by atoms with Gasteiger partial charge in [0.25, 0.3) is 0 Å². The van der Waals surface area contributed by atoms with Gasteiger partial charge >= 0.3 is 0 Å². The number of nitrogens with one attached hydrogen (secondary N) is 2. The minimum atomic E-state index is 0.645. The van der Waals surface area contributed by atoms with Crippen LogP contribution in [0.2, 0.25) is 0 Å². The summed E-state index contributed by atoms with van der Waals surface area (Å²) in [6, 6.07) is 3.79. The summed E-state index contributed by atoms with van der Waals surface area (Å²) in [6.07, 6.45) is 5.54. The van der Waals surface area contributed by atoms with Crippen molar-refractivity contribution in [3.63, 3.8) is 0 Å². The second-order valence-electron chi connectivity index (χ2n) is 1.83. The third-order valence-electron chi connectivity index (χ3n) is 1.13. The number of nitrogens with zero attached hydrogens (tertiary/aromatic N) is 1. The molecule has 0 fully saturated rings. The van der Waals surface area contributed by atoms with Gasteiger partial charge in [-0.1, -0.05) is 0 Å². The SMILES string of the molecule is N=[C]NCc1ccncc1. The summed E-state index contributed by atoms with van der Waals surface area (Å²) in [5, 5.41) is 9.23. The zero-order valence-electron chi connectivity index (χ0n) is 5.46. The maximum Gasteiger partial charge on any atom is 0.161 e. The Morgan fingerprint density at radius 2 is 2.20 bits per heavy atom. The molecule has 0 aliphatic carbocycles. The van der Waals surface area contributed by atoms with Crippen LogP contribution in [0.1, 0.15) is 5.56 Å². The molecule has 0 aliphatic heterocycles. The third-order valence-corrected chi connectivity index (χ3v) is 1.13. The summed E-state index contributed by atoms with van der Waals surface area (Å²) in [7, 11) is 0. The first-order chi connectivity index (χ1) is 4.93. The zero-order chi connectivity index (χ0) is 7.23. The van der Waals surface area contributed by atoms with E-state index in [-0.39, 0.29) is 0 Å². The highest BCUT2D eigenvalue weighted by Crippen LogP contribution is 1.93. The van der Waals surface area contributed by atoms with Gasteiger partial charge in [-0.05, 0) is 17.7 Å². The number of pyridine rings is 1. The Balaban J connectivity index is 2.50. The number of hydrogen-bond donors (Lipinski definition) is 2. The molecule has 1 aromatic heterocycles. The monoisotopic (exact) mass is 134 g/mol. The number of aromatic nitrogens is 1. The molecule has 0 unspecified atom stereocenters. The largest absolute Gasteiger partial charge is 0.363 e. The molecule has 0 amide bonds. The Kier molecular flexibility index (Phi) is 2.43. The van der Waals surface area contributed by atoms with Crippen molar-refractivity contribution in [2.45, 2.75) is 6.54 Å². The lowest BCUT2D eigenvalue weighted by Crippen LogP contribution is -2.08. The molecule has 1 heterocycles. The van der Waals surface area contributed by atoms with Crippen LogP contribution in [0.3, 0.4) is 0 Å². The van der Waals surface area contributed by atoms with Crippen LogP contribution in [0.4, 0.5) is 0 Å². The summed E-state index contributed by atoms with van der Waals surface area (Å²) < 4.78 is 0. The van der Waals surface area contributed by atoms with Gasteiger partial charge in [0.2, 0.25) is 0 Å². The molecule has 1 rings (SSSR count). The van der Waals surface area contributed by atoms with E-state index >= 15 is 0 Å². The van der Waals surface area contributed by atoms with Crippen LogP contribution in [0, 0.1) is 5.41 Å². The lowest BCUT2D eigenvalue weighted by Gasteiger charge is -1.96. The molecule has 1 radical (unpaired) electrons. The molecule has 0 aromatic carbocycles. The summed E-state index contributed by atoms with van der Waals surface area (Å²) in [5.41, 5.74) is 1.11. The van der Waals surface area contributed by atoms with Crippen LogP contribution in [0.15, 0.2) is 24.5 Å². The number of rotatable bonds is 3. The normalized spacial score (nSPS) is 8.80. The predicted molar refractivity (Wildman–Crippen MR) is 38.8 cm³/mol. The van der Waals surface area contributed by atoms with E-state index in [0.717, 1.165) is 5.56 Å². The van der Waals surface area contributed by atoms with E-state index in [1.165, 1.54) is 0 Å². The molecule has 10 heavy (non-hydrogen) atoms. The molecule has 51 valence electrons. The van der Waals surface area contributed by atoms with E-state index in [1.807, 2.05) is 12.1 Å². The highest BCUT2D eigenvalue weighted by atomic mass is 14.9. The van der Waals surface area contributed by atoms with Crippen LogP contribution in [-0.4, -0.2) is 11.3 Å². The van der Waals surface area contributed by atoms with Crippen molar-refractivity contribution >= 4 is 6.34 Å². The van der Waals surface area contributed by atoms with Crippen molar-refractivity contribution < 1.29 is 0 Å². The van der Waals surface area contributed by atoms with Crippen molar-refractivity contribution in [3.8, 4) is 0 Å². The quantitative estimate of drug-likeness (QED) is 0.362. The molecule has 3 heteroatoms. The first-order valence-corrected chi connectivity index (χ1v) is 2.97. The number of hydrogen-bond acceptors (Lipinski definition) is 2. The Morgan fingerprint density at radius 3 is 2.80 bits per heavy atom. The van der Waals surface area contributed by atoms with Gasteiger partial charge in [0.1, 0.15) is 0 Å². The van der Waals surface area contributed by atoms with Crippen LogP contribution in [0.25, 0.3) is 0 Å². The minimum absolute atomic E-state index is 0.645. The van der Waals surface area contributed by atoms with Crippen molar-refractivity contribution in [1.82, 2.24) is 10.3 Å². The Hall–Kier alpha value is -1.38. The van der Waals surface area contributed by atoms with Gasteiger partial charge in [0.05, 0.1) is 0 Å². The zero-order valence-corrected chi connectivity index (χ0v) is 5.46. The Labute approximate surface area is 59.6 Å². The molecule has 0 aliphatic rings. The van der Waals surface area contributed by atoms with Crippen molar-refractivity contribution in [2.75, 3.05) is 0 Å². The molecule has 3 nitrogen and oxygen atoms in total. The summed E-state index contributed by atoms with van der Waals surface area (Å²) in [6.45, 7) is 0.645. The van der Waals surface area contributed by atoms with Crippen LogP contribution >= 0.6 is 0 Å². The van der Waals surface area contributed by atoms with Crippen LogP contribution in [-0.2, 0) is 6.54 Å². The van der Waals surface area contributed by atoms with Gasteiger partial charge in [-0.2, -0.15) is 0 Å². The van der Waals surface area contributed by atoms with Crippen molar-refractivity contribution in [2.24, 2.45) is 0 Å². The smallest absolute Gasteiger partial charge is 0.161 e.